The lowest BCUT2D eigenvalue weighted by atomic mass is 9.90. The average Bonchev–Trinajstić information content (AvgIpc) is 2.84. The van der Waals surface area contributed by atoms with E-state index >= 15 is 0 Å². The predicted octanol–water partition coefficient (Wildman–Crippen LogP) is 2.31. The van der Waals surface area contributed by atoms with Crippen molar-refractivity contribution in [2.75, 3.05) is 0 Å². The fourth-order valence-electron chi connectivity index (χ4n) is 3.61. The molecule has 0 bridgehead atoms. The molecule has 0 radical (unpaired) electrons. The number of aromatic nitrogens is 3. The Morgan fingerprint density at radius 1 is 1.00 bits per heavy atom. The van der Waals surface area contributed by atoms with Crippen LogP contribution in [-0.4, -0.2) is 14.3 Å². The van der Waals surface area contributed by atoms with Gasteiger partial charge in [-0.3, -0.25) is 4.57 Å². The molecule has 1 aliphatic heterocycles. The summed E-state index contributed by atoms with van der Waals surface area (Å²) in [7, 11) is 0. The SMILES string of the molecule is O=c1n(Cc2ccc3c(c2)CCCC3)nc2n1CCCC2. The quantitative estimate of drug-likeness (QED) is 0.848. The minimum absolute atomic E-state index is 0.0578. The van der Waals surface area contributed by atoms with Gasteiger partial charge in [0.05, 0.1) is 6.54 Å². The van der Waals surface area contributed by atoms with Crippen molar-refractivity contribution in [3.05, 3.63) is 51.2 Å². The van der Waals surface area contributed by atoms with Crippen molar-refractivity contribution < 1.29 is 0 Å². The van der Waals surface area contributed by atoms with E-state index in [1.165, 1.54) is 42.4 Å². The normalized spacial score (nSPS) is 17.3. The number of fused-ring (bicyclic) bond motifs is 2. The highest BCUT2D eigenvalue weighted by Crippen LogP contribution is 2.22. The first-order valence-corrected chi connectivity index (χ1v) is 8.08. The van der Waals surface area contributed by atoms with Gasteiger partial charge in [0.1, 0.15) is 5.82 Å². The molecule has 110 valence electrons. The van der Waals surface area contributed by atoms with Crippen LogP contribution in [0.15, 0.2) is 23.0 Å². The summed E-state index contributed by atoms with van der Waals surface area (Å²) in [4.78, 5) is 12.4. The van der Waals surface area contributed by atoms with Gasteiger partial charge < -0.3 is 0 Å². The molecule has 0 saturated heterocycles. The van der Waals surface area contributed by atoms with E-state index in [-0.39, 0.29) is 5.69 Å². The van der Waals surface area contributed by atoms with Crippen LogP contribution in [0.5, 0.6) is 0 Å². The van der Waals surface area contributed by atoms with Crippen molar-refractivity contribution >= 4 is 0 Å². The zero-order valence-electron chi connectivity index (χ0n) is 12.3. The van der Waals surface area contributed by atoms with Crippen LogP contribution in [0.4, 0.5) is 0 Å². The number of nitrogens with zero attached hydrogens (tertiary/aromatic N) is 3. The van der Waals surface area contributed by atoms with Gasteiger partial charge in [-0.05, 0) is 55.2 Å². The third-order valence-electron chi connectivity index (χ3n) is 4.78. The third-order valence-corrected chi connectivity index (χ3v) is 4.78. The van der Waals surface area contributed by atoms with E-state index in [9.17, 15) is 4.79 Å². The number of hydrogen-bond acceptors (Lipinski definition) is 2. The summed E-state index contributed by atoms with van der Waals surface area (Å²) in [6.07, 6.45) is 8.15. The third kappa shape index (κ3) is 2.33. The Morgan fingerprint density at radius 3 is 2.67 bits per heavy atom. The maximum atomic E-state index is 12.4. The molecule has 0 atom stereocenters. The van der Waals surface area contributed by atoms with Gasteiger partial charge in [0, 0.05) is 13.0 Å². The van der Waals surface area contributed by atoms with Crippen LogP contribution in [-0.2, 0) is 32.4 Å². The Kier molecular flexibility index (Phi) is 3.17. The summed E-state index contributed by atoms with van der Waals surface area (Å²) in [6.45, 7) is 1.43. The summed E-state index contributed by atoms with van der Waals surface area (Å²) in [5.74, 6) is 0.962. The number of aryl methyl sites for hydroxylation is 3. The minimum atomic E-state index is 0.0578. The molecule has 21 heavy (non-hydrogen) atoms. The number of hydrogen-bond donors (Lipinski definition) is 0. The highest BCUT2D eigenvalue weighted by Gasteiger charge is 2.17. The molecule has 2 aliphatic rings. The van der Waals surface area contributed by atoms with Crippen LogP contribution >= 0.6 is 0 Å². The van der Waals surface area contributed by atoms with E-state index < -0.39 is 0 Å². The molecule has 1 aromatic carbocycles. The highest BCUT2D eigenvalue weighted by molar-refractivity contribution is 5.33. The second-order valence-electron chi connectivity index (χ2n) is 6.28. The van der Waals surface area contributed by atoms with Crippen molar-refractivity contribution in [2.24, 2.45) is 0 Å². The Morgan fingerprint density at radius 2 is 1.81 bits per heavy atom. The Bertz CT molecular complexity index is 726. The van der Waals surface area contributed by atoms with E-state index in [4.69, 9.17) is 0 Å². The molecule has 1 aromatic heterocycles. The molecule has 0 spiro atoms. The van der Waals surface area contributed by atoms with E-state index in [2.05, 4.69) is 23.3 Å². The fourth-order valence-corrected chi connectivity index (χ4v) is 3.61. The molecular weight excluding hydrogens is 262 g/mol. The summed E-state index contributed by atoms with van der Waals surface area (Å²) in [6, 6.07) is 6.68. The molecule has 0 N–H and O–H groups in total. The van der Waals surface area contributed by atoms with E-state index in [0.717, 1.165) is 31.6 Å². The monoisotopic (exact) mass is 283 g/mol. The zero-order chi connectivity index (χ0) is 14.2. The fraction of sp³-hybridized carbons (Fsp3) is 0.529. The van der Waals surface area contributed by atoms with E-state index in [1.54, 1.807) is 4.68 Å². The lowest BCUT2D eigenvalue weighted by Crippen LogP contribution is -2.27. The minimum Gasteiger partial charge on any atom is -0.279 e. The van der Waals surface area contributed by atoms with Gasteiger partial charge in [-0.25, -0.2) is 9.48 Å². The van der Waals surface area contributed by atoms with Crippen molar-refractivity contribution in [1.82, 2.24) is 14.3 Å². The number of rotatable bonds is 2. The maximum absolute atomic E-state index is 12.4. The summed E-state index contributed by atoms with van der Waals surface area (Å²) in [5, 5.41) is 4.52. The van der Waals surface area contributed by atoms with Crippen molar-refractivity contribution in [3.8, 4) is 0 Å². The van der Waals surface area contributed by atoms with Crippen LogP contribution in [0.25, 0.3) is 0 Å². The van der Waals surface area contributed by atoms with Crippen LogP contribution in [0.3, 0.4) is 0 Å². The molecule has 4 nitrogen and oxygen atoms in total. The molecule has 0 amide bonds. The summed E-state index contributed by atoms with van der Waals surface area (Å²) >= 11 is 0. The molecule has 1 aliphatic carbocycles. The molecule has 0 saturated carbocycles. The lowest BCUT2D eigenvalue weighted by Gasteiger charge is -2.16. The summed E-state index contributed by atoms with van der Waals surface area (Å²) in [5.41, 5.74) is 4.22. The largest absolute Gasteiger partial charge is 0.346 e. The van der Waals surface area contributed by atoms with Crippen LogP contribution in [0.1, 0.15) is 48.2 Å². The van der Waals surface area contributed by atoms with Crippen LogP contribution < -0.4 is 5.69 Å². The first-order valence-electron chi connectivity index (χ1n) is 8.08. The zero-order valence-corrected chi connectivity index (χ0v) is 12.3. The summed E-state index contributed by atoms with van der Waals surface area (Å²) < 4.78 is 3.49. The standard InChI is InChI=1S/C17H21N3O/c21-17-19-10-4-3-7-16(19)18-20(17)12-13-8-9-14-5-1-2-6-15(14)11-13/h8-9,11H,1-7,10,12H2. The molecule has 4 rings (SSSR count). The van der Waals surface area contributed by atoms with Gasteiger partial charge in [-0.2, -0.15) is 5.10 Å². The number of benzene rings is 1. The Hall–Kier alpha value is -1.84. The van der Waals surface area contributed by atoms with Crippen LogP contribution in [0.2, 0.25) is 0 Å². The topological polar surface area (TPSA) is 39.8 Å². The molecule has 2 heterocycles. The van der Waals surface area contributed by atoms with Gasteiger partial charge in [0.15, 0.2) is 0 Å². The predicted molar refractivity (Wildman–Crippen MR) is 81.6 cm³/mol. The molecule has 0 unspecified atom stereocenters. The Labute approximate surface area is 124 Å². The molecule has 4 heteroatoms. The van der Waals surface area contributed by atoms with Crippen molar-refractivity contribution in [2.45, 2.75) is 58.0 Å². The second-order valence-corrected chi connectivity index (χ2v) is 6.28. The van der Waals surface area contributed by atoms with Crippen LogP contribution in [0, 0.1) is 0 Å². The van der Waals surface area contributed by atoms with Crippen molar-refractivity contribution in [3.63, 3.8) is 0 Å². The van der Waals surface area contributed by atoms with E-state index in [1.807, 2.05) is 4.57 Å². The molecular formula is C17H21N3O. The van der Waals surface area contributed by atoms with Crippen molar-refractivity contribution in [1.29, 1.82) is 0 Å². The van der Waals surface area contributed by atoms with Gasteiger partial charge in [-0.15, -0.1) is 0 Å². The first kappa shape index (κ1) is 12.9. The van der Waals surface area contributed by atoms with Gasteiger partial charge in [0.2, 0.25) is 0 Å². The second kappa shape index (κ2) is 5.17. The molecule has 2 aromatic rings. The van der Waals surface area contributed by atoms with Gasteiger partial charge in [0.25, 0.3) is 0 Å². The smallest absolute Gasteiger partial charge is 0.279 e. The van der Waals surface area contributed by atoms with Gasteiger partial charge in [-0.1, -0.05) is 18.2 Å². The molecule has 0 fully saturated rings. The van der Waals surface area contributed by atoms with Gasteiger partial charge >= 0.3 is 5.69 Å². The first-order chi connectivity index (χ1) is 10.3. The van der Waals surface area contributed by atoms with E-state index in [0.29, 0.717) is 6.54 Å². The Balaban J connectivity index is 1.64. The lowest BCUT2D eigenvalue weighted by molar-refractivity contribution is 0.511. The average molecular weight is 283 g/mol. The maximum Gasteiger partial charge on any atom is 0.346 e. The highest BCUT2D eigenvalue weighted by atomic mass is 16.2.